The van der Waals surface area contributed by atoms with Gasteiger partial charge in [-0.3, -0.25) is 10.1 Å². The molecule has 5 nitrogen and oxygen atoms in total. The summed E-state index contributed by atoms with van der Waals surface area (Å²) in [6.07, 6.45) is 0. The quantitative estimate of drug-likeness (QED) is 0.283. The van der Waals surface area contributed by atoms with Crippen LogP contribution in [0.1, 0.15) is 0 Å². The fraction of sp³-hybridized carbons (Fsp3) is 0.167. The Hall–Kier alpha value is 0.445. The van der Waals surface area contributed by atoms with Gasteiger partial charge in [0, 0.05) is 0 Å². The van der Waals surface area contributed by atoms with Crippen molar-refractivity contribution in [2.24, 2.45) is 0 Å². The number of rotatable bonds is 2. The van der Waals surface area contributed by atoms with E-state index >= 15 is 0 Å². The first-order valence-electron chi connectivity index (χ1n) is 2.91. The molecular formula is C6H4ClN2O3Rb. The van der Waals surface area contributed by atoms with Crippen molar-refractivity contribution in [2.45, 2.75) is 0 Å². The Bertz CT molecular complexity index is 321. The van der Waals surface area contributed by atoms with Gasteiger partial charge in [-0.25, -0.2) is 4.98 Å². The minimum absolute atomic E-state index is 0. The summed E-state index contributed by atoms with van der Waals surface area (Å²) >= 11 is 5.45. The minimum atomic E-state index is -0.634. The molecule has 1 heterocycles. The standard InChI is InChI=1S/C6H4ClN2O3.Rb/c1-12-5-3-2-4(9(10)11)6(7)8-5;/h2H,1H3;/q-1;+1. The molecule has 0 aliphatic carbocycles. The van der Waals surface area contributed by atoms with Gasteiger partial charge in [-0.05, 0) is 4.92 Å². The first kappa shape index (κ1) is 13.4. The molecule has 64 valence electrons. The van der Waals surface area contributed by atoms with Crippen LogP contribution in [-0.2, 0) is 0 Å². The minimum Gasteiger partial charge on any atom is -0.497 e. The van der Waals surface area contributed by atoms with Crippen LogP contribution in [0.3, 0.4) is 0 Å². The molecule has 0 saturated carbocycles. The summed E-state index contributed by atoms with van der Waals surface area (Å²) in [5.41, 5.74) is -0.280. The molecule has 0 N–H and O–H groups in total. The van der Waals surface area contributed by atoms with Crippen LogP contribution in [0.2, 0.25) is 5.15 Å². The normalized spacial score (nSPS) is 8.77. The number of methoxy groups -OCH3 is 1. The van der Waals surface area contributed by atoms with Gasteiger partial charge in [0.15, 0.2) is 5.69 Å². The van der Waals surface area contributed by atoms with Gasteiger partial charge in [0.25, 0.3) is 0 Å². The predicted octanol–water partition coefficient (Wildman–Crippen LogP) is -1.54. The van der Waals surface area contributed by atoms with E-state index in [0.29, 0.717) is 0 Å². The van der Waals surface area contributed by atoms with Gasteiger partial charge in [-0.2, -0.15) is 12.1 Å². The summed E-state index contributed by atoms with van der Waals surface area (Å²) in [4.78, 5) is 13.2. The summed E-state index contributed by atoms with van der Waals surface area (Å²) in [7, 11) is 1.38. The monoisotopic (exact) mass is 272 g/mol. The SMILES string of the molecule is COc1[c-]cc([N+](=O)[O-])c(Cl)n1.[Rb+]. The molecule has 1 aromatic rings. The van der Waals surface area contributed by atoms with E-state index in [1.807, 2.05) is 0 Å². The maximum Gasteiger partial charge on any atom is 1.00 e. The summed E-state index contributed by atoms with van der Waals surface area (Å²) in [6.45, 7) is 0. The van der Waals surface area contributed by atoms with Gasteiger partial charge < -0.3 is 4.74 Å². The van der Waals surface area contributed by atoms with Crippen LogP contribution in [0.5, 0.6) is 5.88 Å². The molecule has 0 bridgehead atoms. The van der Waals surface area contributed by atoms with Gasteiger partial charge in [-0.1, -0.05) is 11.6 Å². The molecule has 0 atom stereocenters. The number of hydrogen-bond acceptors (Lipinski definition) is 4. The Labute approximate surface area is 128 Å². The molecular weight excluding hydrogens is 269 g/mol. The summed E-state index contributed by atoms with van der Waals surface area (Å²) < 4.78 is 4.66. The Kier molecular flexibility index (Phi) is 6.23. The largest absolute Gasteiger partial charge is 1.00 e. The summed E-state index contributed by atoms with van der Waals surface area (Å²) in [5.74, 6) is 0.130. The van der Waals surface area contributed by atoms with E-state index in [2.05, 4.69) is 15.8 Å². The molecule has 1 aromatic heterocycles. The fourth-order valence-corrected chi connectivity index (χ4v) is 0.801. The summed E-state index contributed by atoms with van der Waals surface area (Å²) in [5, 5.41) is 10.0. The first-order valence-corrected chi connectivity index (χ1v) is 3.29. The molecule has 7 heteroatoms. The maximum atomic E-state index is 10.2. The molecule has 0 spiro atoms. The smallest absolute Gasteiger partial charge is 0.497 e. The van der Waals surface area contributed by atoms with Gasteiger partial charge >= 0.3 is 58.2 Å². The average molecular weight is 273 g/mol. The van der Waals surface area contributed by atoms with Crippen molar-refractivity contribution in [2.75, 3.05) is 7.11 Å². The van der Waals surface area contributed by atoms with Crippen molar-refractivity contribution in [3.63, 3.8) is 0 Å². The molecule has 0 radical (unpaired) electrons. The predicted molar refractivity (Wildman–Crippen MR) is 41.3 cm³/mol. The van der Waals surface area contributed by atoms with E-state index < -0.39 is 4.92 Å². The van der Waals surface area contributed by atoms with Gasteiger partial charge in [0.05, 0.1) is 7.11 Å². The van der Waals surface area contributed by atoms with E-state index in [0.717, 1.165) is 6.07 Å². The Morgan fingerprint density at radius 1 is 1.77 bits per heavy atom. The summed E-state index contributed by atoms with van der Waals surface area (Å²) in [6, 6.07) is 3.57. The fourth-order valence-electron chi connectivity index (χ4n) is 0.601. The van der Waals surface area contributed by atoms with Crippen LogP contribution < -0.4 is 62.9 Å². The van der Waals surface area contributed by atoms with Crippen molar-refractivity contribution in [1.82, 2.24) is 4.98 Å². The van der Waals surface area contributed by atoms with Crippen LogP contribution >= 0.6 is 11.6 Å². The van der Waals surface area contributed by atoms with Crippen molar-refractivity contribution >= 4 is 17.3 Å². The van der Waals surface area contributed by atoms with Gasteiger partial charge in [-0.15, -0.1) is 0 Å². The third kappa shape index (κ3) is 3.59. The van der Waals surface area contributed by atoms with Crippen LogP contribution in [0.15, 0.2) is 6.07 Å². The van der Waals surface area contributed by atoms with Gasteiger partial charge in [0.2, 0.25) is 0 Å². The van der Waals surface area contributed by atoms with Crippen molar-refractivity contribution in [3.05, 3.63) is 27.4 Å². The van der Waals surface area contributed by atoms with Crippen LogP contribution in [-0.4, -0.2) is 17.0 Å². The van der Waals surface area contributed by atoms with Gasteiger partial charge in [0.1, 0.15) is 11.0 Å². The van der Waals surface area contributed by atoms with Crippen molar-refractivity contribution < 1.29 is 67.8 Å². The molecule has 1 rings (SSSR count). The third-order valence-electron chi connectivity index (χ3n) is 1.13. The number of nitro groups is 1. The van der Waals surface area contributed by atoms with E-state index in [1.54, 1.807) is 0 Å². The Morgan fingerprint density at radius 3 is 2.77 bits per heavy atom. The molecule has 0 unspecified atom stereocenters. The number of halogens is 1. The second kappa shape index (κ2) is 6.03. The van der Waals surface area contributed by atoms with E-state index in [1.165, 1.54) is 7.11 Å². The zero-order valence-electron chi connectivity index (χ0n) is 7.07. The van der Waals surface area contributed by atoms with Crippen LogP contribution in [0, 0.1) is 16.2 Å². The van der Waals surface area contributed by atoms with Crippen LogP contribution in [0.25, 0.3) is 0 Å². The number of nitrogens with zero attached hydrogens (tertiary/aromatic N) is 2. The molecule has 0 fully saturated rings. The number of ether oxygens (including phenoxy) is 1. The first-order chi connectivity index (χ1) is 5.65. The molecule has 0 aliphatic heterocycles. The topological polar surface area (TPSA) is 65.3 Å². The second-order valence-corrected chi connectivity index (χ2v) is 2.20. The van der Waals surface area contributed by atoms with E-state index in [9.17, 15) is 10.1 Å². The zero-order chi connectivity index (χ0) is 9.14. The Morgan fingerprint density at radius 2 is 2.38 bits per heavy atom. The maximum absolute atomic E-state index is 10.2. The molecule has 0 saturated heterocycles. The van der Waals surface area contributed by atoms with E-state index in [4.69, 9.17) is 11.6 Å². The van der Waals surface area contributed by atoms with E-state index in [-0.39, 0.29) is 74.9 Å². The third-order valence-corrected chi connectivity index (χ3v) is 1.41. The van der Waals surface area contributed by atoms with Crippen LogP contribution in [0.4, 0.5) is 5.69 Å². The number of hydrogen-bond donors (Lipinski definition) is 0. The van der Waals surface area contributed by atoms with Crippen molar-refractivity contribution in [3.8, 4) is 5.88 Å². The number of pyridine rings is 1. The second-order valence-electron chi connectivity index (χ2n) is 1.84. The molecule has 0 aromatic carbocycles. The Balaban J connectivity index is 0.00000144. The molecule has 13 heavy (non-hydrogen) atoms. The molecule has 0 aliphatic rings. The number of aromatic nitrogens is 1. The average Bonchev–Trinajstić information content (AvgIpc) is 2.03. The molecule has 0 amide bonds. The van der Waals surface area contributed by atoms with Crippen molar-refractivity contribution in [1.29, 1.82) is 0 Å². The zero-order valence-corrected chi connectivity index (χ0v) is 12.7.